The first-order valence-electron chi connectivity index (χ1n) is 13.2. The van der Waals surface area contributed by atoms with E-state index in [2.05, 4.69) is 11.0 Å². The molecule has 5 rings (SSSR count). The fourth-order valence-corrected chi connectivity index (χ4v) is 6.80. The average Bonchev–Trinajstić information content (AvgIpc) is 3.54. The summed E-state index contributed by atoms with van der Waals surface area (Å²) in [7, 11) is 3.21. The second-order valence-electron chi connectivity index (χ2n) is 10.1. The highest BCUT2D eigenvalue weighted by atomic mass is 32.1. The Bertz CT molecular complexity index is 1140. The van der Waals surface area contributed by atoms with Crippen molar-refractivity contribution in [2.75, 3.05) is 33.9 Å². The molecule has 192 valence electrons. The van der Waals surface area contributed by atoms with Crippen molar-refractivity contribution in [3.63, 3.8) is 0 Å². The van der Waals surface area contributed by atoms with Crippen molar-refractivity contribution in [3.8, 4) is 11.5 Å². The topological polar surface area (TPSA) is 54.9 Å². The SMILES string of the molecule is COc1ccc(C(=O)N(Cc2nc3ccccc3s2)CC2CCCN2CC2CCCCC2)cc1OC. The van der Waals surface area contributed by atoms with Gasteiger partial charge in [-0.05, 0) is 68.5 Å². The Morgan fingerprint density at radius 3 is 2.61 bits per heavy atom. The first-order chi connectivity index (χ1) is 17.6. The zero-order valence-electron chi connectivity index (χ0n) is 21.4. The highest BCUT2D eigenvalue weighted by Gasteiger charge is 2.31. The lowest BCUT2D eigenvalue weighted by Crippen LogP contribution is -2.44. The highest BCUT2D eigenvalue weighted by molar-refractivity contribution is 7.18. The van der Waals surface area contributed by atoms with E-state index < -0.39 is 0 Å². The predicted molar refractivity (Wildman–Crippen MR) is 145 cm³/mol. The number of aromatic nitrogens is 1. The minimum absolute atomic E-state index is 0.0136. The normalized spacial score (nSPS) is 19.0. The van der Waals surface area contributed by atoms with Crippen LogP contribution >= 0.6 is 11.3 Å². The van der Waals surface area contributed by atoms with Crippen molar-refractivity contribution in [3.05, 3.63) is 53.0 Å². The van der Waals surface area contributed by atoms with Gasteiger partial charge in [-0.25, -0.2) is 4.98 Å². The van der Waals surface area contributed by atoms with Gasteiger partial charge in [0.2, 0.25) is 0 Å². The Morgan fingerprint density at radius 1 is 1.03 bits per heavy atom. The van der Waals surface area contributed by atoms with Gasteiger partial charge in [0, 0.05) is 24.7 Å². The van der Waals surface area contributed by atoms with E-state index in [-0.39, 0.29) is 5.91 Å². The van der Waals surface area contributed by atoms with Crippen LogP contribution in [0.4, 0.5) is 0 Å². The third-order valence-corrected chi connectivity index (χ3v) is 8.75. The lowest BCUT2D eigenvalue weighted by molar-refractivity contribution is 0.0675. The van der Waals surface area contributed by atoms with Crippen LogP contribution in [0.2, 0.25) is 0 Å². The summed E-state index contributed by atoms with van der Waals surface area (Å²) in [6.07, 6.45) is 9.16. The number of carbonyl (C=O) groups excluding carboxylic acids is 1. The lowest BCUT2D eigenvalue weighted by Gasteiger charge is -2.34. The Morgan fingerprint density at radius 2 is 1.83 bits per heavy atom. The van der Waals surface area contributed by atoms with Gasteiger partial charge in [0.25, 0.3) is 5.91 Å². The third-order valence-electron chi connectivity index (χ3n) is 7.73. The number of para-hydroxylation sites is 1. The molecular weight excluding hydrogens is 470 g/mol. The first-order valence-corrected chi connectivity index (χ1v) is 14.1. The molecule has 0 radical (unpaired) electrons. The van der Waals surface area contributed by atoms with Gasteiger partial charge in [-0.15, -0.1) is 11.3 Å². The molecule has 0 N–H and O–H groups in total. The van der Waals surface area contributed by atoms with Crippen LogP contribution in [0.15, 0.2) is 42.5 Å². The zero-order chi connectivity index (χ0) is 24.9. The zero-order valence-corrected chi connectivity index (χ0v) is 22.3. The molecule has 0 bridgehead atoms. The minimum atomic E-state index is 0.0136. The highest BCUT2D eigenvalue weighted by Crippen LogP contribution is 2.31. The molecule has 6 nitrogen and oxygen atoms in total. The molecule has 1 aliphatic carbocycles. The van der Waals surface area contributed by atoms with Gasteiger partial charge in [0.15, 0.2) is 11.5 Å². The molecule has 1 aliphatic heterocycles. The molecule has 1 aromatic heterocycles. The fourth-order valence-electron chi connectivity index (χ4n) is 5.82. The van der Waals surface area contributed by atoms with Crippen molar-refractivity contribution < 1.29 is 14.3 Å². The number of fused-ring (bicyclic) bond motifs is 1. The molecule has 2 aliphatic rings. The van der Waals surface area contributed by atoms with Gasteiger partial charge >= 0.3 is 0 Å². The number of hydrogen-bond donors (Lipinski definition) is 0. The van der Waals surface area contributed by atoms with Crippen molar-refractivity contribution in [1.82, 2.24) is 14.8 Å². The van der Waals surface area contributed by atoms with Crippen LogP contribution in [0.1, 0.15) is 60.3 Å². The summed E-state index contributed by atoms with van der Waals surface area (Å²) in [5.74, 6) is 2.02. The Balaban J connectivity index is 1.38. The van der Waals surface area contributed by atoms with Gasteiger partial charge in [-0.2, -0.15) is 0 Å². The van der Waals surface area contributed by atoms with E-state index >= 15 is 0 Å². The number of methoxy groups -OCH3 is 2. The summed E-state index contributed by atoms with van der Waals surface area (Å²) >= 11 is 1.68. The summed E-state index contributed by atoms with van der Waals surface area (Å²) in [5, 5.41) is 0.974. The molecule has 1 atom stereocenters. The van der Waals surface area contributed by atoms with Crippen molar-refractivity contribution >= 4 is 27.5 Å². The van der Waals surface area contributed by atoms with Crippen LogP contribution in [-0.4, -0.2) is 60.6 Å². The van der Waals surface area contributed by atoms with E-state index in [4.69, 9.17) is 14.5 Å². The Kier molecular flexibility index (Phi) is 8.07. The maximum absolute atomic E-state index is 13.9. The molecule has 0 spiro atoms. The van der Waals surface area contributed by atoms with Gasteiger partial charge < -0.3 is 14.4 Å². The Hall–Kier alpha value is -2.64. The molecule has 1 saturated heterocycles. The van der Waals surface area contributed by atoms with Crippen molar-refractivity contribution in [2.24, 2.45) is 5.92 Å². The monoisotopic (exact) mass is 507 g/mol. The minimum Gasteiger partial charge on any atom is -0.493 e. The summed E-state index contributed by atoms with van der Waals surface area (Å²) in [6.45, 7) is 3.54. The third kappa shape index (κ3) is 5.68. The molecule has 2 heterocycles. The maximum Gasteiger partial charge on any atom is 0.254 e. The molecule has 1 saturated carbocycles. The van der Waals surface area contributed by atoms with Crippen LogP contribution in [0, 0.1) is 5.92 Å². The number of ether oxygens (including phenoxy) is 2. The second-order valence-corrected chi connectivity index (χ2v) is 11.2. The number of nitrogens with zero attached hydrogens (tertiary/aromatic N) is 3. The van der Waals surface area contributed by atoms with Gasteiger partial charge in [-0.1, -0.05) is 31.4 Å². The second kappa shape index (κ2) is 11.6. The van der Waals surface area contributed by atoms with Crippen LogP contribution in [-0.2, 0) is 6.54 Å². The standard InChI is InChI=1S/C29H37N3O3S/c1-34-25-15-14-22(17-26(25)35-2)29(33)32(20-28-30-24-12-6-7-13-27(24)36-28)19-23-11-8-16-31(23)18-21-9-4-3-5-10-21/h6-7,12-15,17,21,23H,3-5,8-11,16,18-20H2,1-2H3. The molecule has 3 aromatic rings. The van der Waals surface area contributed by atoms with Crippen molar-refractivity contribution in [2.45, 2.75) is 57.5 Å². The number of amides is 1. The van der Waals surface area contributed by atoms with Crippen LogP contribution in [0.5, 0.6) is 11.5 Å². The van der Waals surface area contributed by atoms with Crippen LogP contribution < -0.4 is 9.47 Å². The largest absolute Gasteiger partial charge is 0.493 e. The quantitative estimate of drug-likeness (QED) is 0.356. The summed E-state index contributed by atoms with van der Waals surface area (Å²) in [6, 6.07) is 14.0. The number of hydrogen-bond acceptors (Lipinski definition) is 6. The Labute approximate surface area is 218 Å². The van der Waals surface area contributed by atoms with E-state index in [9.17, 15) is 4.79 Å². The molecule has 36 heavy (non-hydrogen) atoms. The molecule has 2 aromatic carbocycles. The molecule has 1 amide bonds. The predicted octanol–water partition coefficient (Wildman–Crippen LogP) is 6.00. The van der Waals surface area contributed by atoms with Crippen LogP contribution in [0.25, 0.3) is 10.2 Å². The molecule has 2 fully saturated rings. The van der Waals surface area contributed by atoms with Gasteiger partial charge in [-0.3, -0.25) is 9.69 Å². The summed E-state index contributed by atoms with van der Waals surface area (Å²) in [5.41, 5.74) is 1.61. The number of benzene rings is 2. The number of likely N-dealkylation sites (tertiary alicyclic amines) is 1. The smallest absolute Gasteiger partial charge is 0.254 e. The molecule has 1 unspecified atom stereocenters. The van der Waals surface area contributed by atoms with Gasteiger partial charge in [0.05, 0.1) is 31.0 Å². The van der Waals surface area contributed by atoms with E-state index in [1.54, 1.807) is 31.6 Å². The van der Waals surface area contributed by atoms with Crippen LogP contribution in [0.3, 0.4) is 0 Å². The maximum atomic E-state index is 13.9. The van der Waals surface area contributed by atoms with Crippen molar-refractivity contribution in [1.29, 1.82) is 0 Å². The molecular formula is C29H37N3O3S. The van der Waals surface area contributed by atoms with E-state index in [1.807, 2.05) is 35.2 Å². The average molecular weight is 508 g/mol. The van der Waals surface area contributed by atoms with E-state index in [0.717, 1.165) is 40.7 Å². The first kappa shape index (κ1) is 25.0. The number of rotatable bonds is 9. The van der Waals surface area contributed by atoms with Gasteiger partial charge in [0.1, 0.15) is 5.01 Å². The number of carbonyl (C=O) groups is 1. The number of thiazole rings is 1. The summed E-state index contributed by atoms with van der Waals surface area (Å²) < 4.78 is 12.0. The fraction of sp³-hybridized carbons (Fsp3) is 0.517. The molecule has 7 heteroatoms. The van der Waals surface area contributed by atoms with E-state index in [1.165, 1.54) is 45.1 Å². The van der Waals surface area contributed by atoms with E-state index in [0.29, 0.717) is 29.6 Å². The summed E-state index contributed by atoms with van der Waals surface area (Å²) in [4.78, 5) is 23.4. The lowest BCUT2D eigenvalue weighted by atomic mass is 9.89.